The Morgan fingerprint density at radius 3 is 2.37 bits per heavy atom. The van der Waals surface area contributed by atoms with Crippen LogP contribution in [0, 0.1) is 0 Å². The topological polar surface area (TPSA) is 58.6 Å². The number of rotatable bonds is 7. The third-order valence-electron chi connectivity index (χ3n) is 4.11. The molecule has 1 amide bonds. The van der Waals surface area contributed by atoms with Gasteiger partial charge in [0.25, 0.3) is 0 Å². The summed E-state index contributed by atoms with van der Waals surface area (Å²) in [4.78, 5) is 12.9. The zero-order chi connectivity index (χ0) is 19.1. The number of benzene rings is 3. The van der Waals surface area contributed by atoms with Gasteiger partial charge in [-0.05, 0) is 35.9 Å². The molecule has 0 fully saturated rings. The SMILES string of the molecule is O=C(NCCOc1ccccc1)[C@H](c1ccccc1)c1cc(Cl)ccc1O. The number of hydrogen-bond donors (Lipinski definition) is 2. The molecule has 0 saturated heterocycles. The van der Waals surface area contributed by atoms with Crippen LogP contribution in [0.1, 0.15) is 17.0 Å². The van der Waals surface area contributed by atoms with Gasteiger partial charge in [0.05, 0.1) is 12.5 Å². The third-order valence-corrected chi connectivity index (χ3v) is 4.34. The number of carbonyl (C=O) groups excluding carboxylic acids is 1. The summed E-state index contributed by atoms with van der Waals surface area (Å²) < 4.78 is 5.61. The molecule has 3 aromatic carbocycles. The second kappa shape index (κ2) is 9.10. The first-order chi connectivity index (χ1) is 13.1. The van der Waals surface area contributed by atoms with Gasteiger partial charge in [0.2, 0.25) is 5.91 Å². The first-order valence-corrected chi connectivity index (χ1v) is 9.02. The van der Waals surface area contributed by atoms with Crippen molar-refractivity contribution in [2.75, 3.05) is 13.2 Å². The quantitative estimate of drug-likeness (QED) is 0.597. The van der Waals surface area contributed by atoms with Crippen molar-refractivity contribution in [3.8, 4) is 11.5 Å². The minimum Gasteiger partial charge on any atom is -0.508 e. The largest absolute Gasteiger partial charge is 0.508 e. The van der Waals surface area contributed by atoms with Gasteiger partial charge in [-0.2, -0.15) is 0 Å². The third kappa shape index (κ3) is 5.02. The number of para-hydroxylation sites is 1. The fraction of sp³-hybridized carbons (Fsp3) is 0.136. The van der Waals surface area contributed by atoms with Crippen LogP contribution in [-0.4, -0.2) is 24.2 Å². The molecule has 0 bridgehead atoms. The molecule has 0 unspecified atom stereocenters. The zero-order valence-corrected chi connectivity index (χ0v) is 15.4. The zero-order valence-electron chi connectivity index (χ0n) is 14.6. The maximum absolute atomic E-state index is 12.9. The van der Waals surface area contributed by atoms with Gasteiger partial charge >= 0.3 is 0 Å². The molecule has 1 atom stereocenters. The lowest BCUT2D eigenvalue weighted by Gasteiger charge is -2.19. The van der Waals surface area contributed by atoms with Gasteiger partial charge in [-0.1, -0.05) is 60.1 Å². The summed E-state index contributed by atoms with van der Waals surface area (Å²) in [5, 5.41) is 13.6. The van der Waals surface area contributed by atoms with Gasteiger partial charge in [0.15, 0.2) is 0 Å². The van der Waals surface area contributed by atoms with Crippen LogP contribution in [0.25, 0.3) is 0 Å². The summed E-state index contributed by atoms with van der Waals surface area (Å²) in [6.07, 6.45) is 0. The Hall–Kier alpha value is -2.98. The summed E-state index contributed by atoms with van der Waals surface area (Å²) in [6, 6.07) is 23.4. The number of nitrogens with one attached hydrogen (secondary N) is 1. The van der Waals surface area contributed by atoms with Crippen LogP contribution in [-0.2, 0) is 4.79 Å². The molecule has 0 aliphatic carbocycles. The average Bonchev–Trinajstić information content (AvgIpc) is 2.70. The molecule has 0 aliphatic rings. The summed E-state index contributed by atoms with van der Waals surface area (Å²) in [5.41, 5.74) is 1.24. The predicted molar refractivity (Wildman–Crippen MR) is 106 cm³/mol. The van der Waals surface area contributed by atoms with E-state index >= 15 is 0 Å². The van der Waals surface area contributed by atoms with E-state index in [1.165, 1.54) is 6.07 Å². The fourth-order valence-corrected chi connectivity index (χ4v) is 3.02. The second-order valence-corrected chi connectivity index (χ2v) is 6.44. The molecular formula is C22H20ClNO3. The molecule has 0 aliphatic heterocycles. The lowest BCUT2D eigenvalue weighted by Crippen LogP contribution is -2.33. The fourth-order valence-electron chi connectivity index (χ4n) is 2.84. The Kier molecular flexibility index (Phi) is 6.34. The number of halogens is 1. The van der Waals surface area contributed by atoms with E-state index in [4.69, 9.17) is 16.3 Å². The van der Waals surface area contributed by atoms with Gasteiger partial charge in [0.1, 0.15) is 18.1 Å². The Bertz CT molecular complexity index is 885. The number of hydrogen-bond acceptors (Lipinski definition) is 3. The first-order valence-electron chi connectivity index (χ1n) is 8.64. The maximum Gasteiger partial charge on any atom is 0.232 e. The van der Waals surface area contributed by atoms with E-state index in [9.17, 15) is 9.90 Å². The summed E-state index contributed by atoms with van der Waals surface area (Å²) >= 11 is 6.08. The van der Waals surface area contributed by atoms with Crippen LogP contribution in [0.4, 0.5) is 0 Å². The van der Waals surface area contributed by atoms with Crippen molar-refractivity contribution in [1.82, 2.24) is 5.32 Å². The van der Waals surface area contributed by atoms with E-state index < -0.39 is 5.92 Å². The van der Waals surface area contributed by atoms with E-state index in [1.807, 2.05) is 60.7 Å². The number of amides is 1. The van der Waals surface area contributed by atoms with Crippen LogP contribution in [0.3, 0.4) is 0 Å². The van der Waals surface area contributed by atoms with E-state index in [2.05, 4.69) is 5.32 Å². The average molecular weight is 382 g/mol. The van der Waals surface area contributed by atoms with E-state index in [0.717, 1.165) is 11.3 Å². The molecular weight excluding hydrogens is 362 g/mol. The normalized spacial score (nSPS) is 11.6. The van der Waals surface area contributed by atoms with Crippen molar-refractivity contribution in [3.05, 3.63) is 95.0 Å². The maximum atomic E-state index is 12.9. The highest BCUT2D eigenvalue weighted by Crippen LogP contribution is 2.33. The van der Waals surface area contributed by atoms with Gasteiger partial charge in [0, 0.05) is 10.6 Å². The van der Waals surface area contributed by atoms with Crippen molar-refractivity contribution < 1.29 is 14.6 Å². The highest BCUT2D eigenvalue weighted by atomic mass is 35.5. The van der Waals surface area contributed by atoms with Crippen LogP contribution in [0.5, 0.6) is 11.5 Å². The molecule has 27 heavy (non-hydrogen) atoms. The molecule has 0 radical (unpaired) electrons. The second-order valence-electron chi connectivity index (χ2n) is 6.00. The van der Waals surface area contributed by atoms with Crippen molar-refractivity contribution in [1.29, 1.82) is 0 Å². The molecule has 0 heterocycles. The molecule has 3 aromatic rings. The van der Waals surface area contributed by atoms with E-state index in [-0.39, 0.29) is 11.7 Å². The van der Waals surface area contributed by atoms with Gasteiger partial charge < -0.3 is 15.2 Å². The number of ether oxygens (including phenoxy) is 1. The van der Waals surface area contributed by atoms with E-state index in [1.54, 1.807) is 12.1 Å². The highest BCUT2D eigenvalue weighted by Gasteiger charge is 2.25. The molecule has 138 valence electrons. The molecule has 2 N–H and O–H groups in total. The first kappa shape index (κ1) is 18.8. The summed E-state index contributed by atoms with van der Waals surface area (Å²) in [5.74, 6) is -0.111. The smallest absolute Gasteiger partial charge is 0.232 e. The van der Waals surface area contributed by atoms with Crippen LogP contribution < -0.4 is 10.1 Å². The molecule has 5 heteroatoms. The van der Waals surface area contributed by atoms with Crippen molar-refractivity contribution in [3.63, 3.8) is 0 Å². The van der Waals surface area contributed by atoms with Gasteiger partial charge in [-0.15, -0.1) is 0 Å². The summed E-state index contributed by atoms with van der Waals surface area (Å²) in [6.45, 7) is 0.692. The molecule has 0 spiro atoms. The molecule has 0 aromatic heterocycles. The van der Waals surface area contributed by atoms with Crippen LogP contribution in [0.15, 0.2) is 78.9 Å². The Labute approximate surface area is 163 Å². The van der Waals surface area contributed by atoms with Crippen LogP contribution in [0.2, 0.25) is 5.02 Å². The standard InChI is InChI=1S/C22H20ClNO3/c23-17-11-12-20(25)19(15-17)21(16-7-3-1-4-8-16)22(26)24-13-14-27-18-9-5-2-6-10-18/h1-12,15,21,25H,13-14H2,(H,24,26)/t21-/m1/s1. The number of carbonyl (C=O) groups is 1. The molecule has 0 saturated carbocycles. The number of aromatic hydroxyl groups is 1. The van der Waals surface area contributed by atoms with Crippen molar-refractivity contribution in [2.24, 2.45) is 0 Å². The number of phenols is 1. The molecule has 3 rings (SSSR count). The van der Waals surface area contributed by atoms with Crippen molar-refractivity contribution >= 4 is 17.5 Å². The lowest BCUT2D eigenvalue weighted by molar-refractivity contribution is -0.121. The van der Waals surface area contributed by atoms with Crippen LogP contribution >= 0.6 is 11.6 Å². The Morgan fingerprint density at radius 2 is 1.67 bits per heavy atom. The van der Waals surface area contributed by atoms with E-state index in [0.29, 0.717) is 23.7 Å². The van der Waals surface area contributed by atoms with Gasteiger partial charge in [-0.25, -0.2) is 0 Å². The van der Waals surface area contributed by atoms with Crippen molar-refractivity contribution in [2.45, 2.75) is 5.92 Å². The highest BCUT2D eigenvalue weighted by molar-refractivity contribution is 6.30. The summed E-state index contributed by atoms with van der Waals surface area (Å²) in [7, 11) is 0. The lowest BCUT2D eigenvalue weighted by atomic mass is 9.90. The monoisotopic (exact) mass is 381 g/mol. The Balaban J connectivity index is 1.73. The Morgan fingerprint density at radius 1 is 1.00 bits per heavy atom. The van der Waals surface area contributed by atoms with Gasteiger partial charge in [-0.3, -0.25) is 4.79 Å². The predicted octanol–water partition coefficient (Wildman–Crippen LogP) is 4.37. The number of phenolic OH excluding ortho intramolecular Hbond substituents is 1. The molecule has 4 nitrogen and oxygen atoms in total. The minimum absolute atomic E-state index is 0.0314. The minimum atomic E-state index is -0.665.